The number of nitrogens with one attached hydrogen (secondary N) is 2. The fourth-order valence-corrected chi connectivity index (χ4v) is 4.71. The first-order chi connectivity index (χ1) is 19.4. The first-order valence-electron chi connectivity index (χ1n) is 13.5. The maximum absolute atomic E-state index is 13.8. The summed E-state index contributed by atoms with van der Waals surface area (Å²) in [7, 11) is 3.11. The molecule has 0 aliphatic heterocycles. The van der Waals surface area contributed by atoms with Crippen LogP contribution in [0.2, 0.25) is 0 Å². The molecule has 3 aromatic carbocycles. The highest BCUT2D eigenvalue weighted by atomic mass is 16.5. The number of fused-ring (bicyclic) bond motifs is 1. The van der Waals surface area contributed by atoms with Gasteiger partial charge in [0.15, 0.2) is 0 Å². The van der Waals surface area contributed by atoms with Gasteiger partial charge in [-0.1, -0.05) is 62.4 Å². The van der Waals surface area contributed by atoms with Crippen molar-refractivity contribution in [1.29, 1.82) is 0 Å². The summed E-state index contributed by atoms with van der Waals surface area (Å²) in [5.41, 5.74) is 3.78. The smallest absolute Gasteiger partial charge is 0.322 e. The third-order valence-corrected chi connectivity index (χ3v) is 6.74. The number of amides is 3. The maximum Gasteiger partial charge on any atom is 0.322 e. The van der Waals surface area contributed by atoms with E-state index >= 15 is 0 Å². The van der Waals surface area contributed by atoms with Gasteiger partial charge in [0.25, 0.3) is 0 Å². The number of hydrogen-bond acceptors (Lipinski definition) is 4. The fraction of sp³-hybridized carbons (Fsp3) is 0.312. The number of methoxy groups -OCH3 is 2. The molecule has 0 aliphatic rings. The minimum absolute atomic E-state index is 0.0385. The Kier molecular flexibility index (Phi) is 9.67. The molecule has 0 aliphatic carbocycles. The second-order valence-electron chi connectivity index (χ2n) is 10.2. The molecule has 8 heteroatoms. The molecule has 0 saturated carbocycles. The Balaban J connectivity index is 1.52. The van der Waals surface area contributed by atoms with Gasteiger partial charge in [-0.05, 0) is 41.7 Å². The van der Waals surface area contributed by atoms with E-state index in [1.54, 1.807) is 30.2 Å². The summed E-state index contributed by atoms with van der Waals surface area (Å²) < 4.78 is 10.7. The number of carbonyl (C=O) groups excluding carboxylic acids is 2. The number of hydrogen-bond donors (Lipinski definition) is 2. The molecule has 0 radical (unpaired) electrons. The zero-order valence-corrected chi connectivity index (χ0v) is 23.6. The van der Waals surface area contributed by atoms with Crippen LogP contribution in [0.15, 0.2) is 79.0 Å². The predicted molar refractivity (Wildman–Crippen MR) is 159 cm³/mol. The molecule has 0 fully saturated rings. The topological polar surface area (TPSA) is 86.9 Å². The van der Waals surface area contributed by atoms with Crippen LogP contribution in [0, 0.1) is 5.92 Å². The van der Waals surface area contributed by atoms with Crippen molar-refractivity contribution in [2.75, 3.05) is 39.2 Å². The van der Waals surface area contributed by atoms with E-state index < -0.39 is 0 Å². The molecular weight excluding hydrogens is 504 g/mol. The van der Waals surface area contributed by atoms with E-state index in [4.69, 9.17) is 9.47 Å². The van der Waals surface area contributed by atoms with Crippen LogP contribution in [0.3, 0.4) is 0 Å². The van der Waals surface area contributed by atoms with E-state index in [1.807, 2.05) is 73.5 Å². The van der Waals surface area contributed by atoms with Crippen molar-refractivity contribution in [3.8, 4) is 11.5 Å². The van der Waals surface area contributed by atoms with Gasteiger partial charge in [-0.25, -0.2) is 4.79 Å². The van der Waals surface area contributed by atoms with Crippen molar-refractivity contribution in [2.24, 2.45) is 5.92 Å². The van der Waals surface area contributed by atoms with E-state index in [0.717, 1.165) is 22.0 Å². The Morgan fingerprint density at radius 1 is 0.925 bits per heavy atom. The van der Waals surface area contributed by atoms with E-state index in [1.165, 1.54) is 7.11 Å². The number of ether oxygens (including phenoxy) is 2. The summed E-state index contributed by atoms with van der Waals surface area (Å²) in [5, 5.41) is 4.07. The molecule has 1 heterocycles. The lowest BCUT2D eigenvalue weighted by molar-refractivity contribution is -0.132. The molecule has 210 valence electrons. The molecule has 2 N–H and O–H groups in total. The Morgan fingerprint density at radius 3 is 2.40 bits per heavy atom. The van der Waals surface area contributed by atoms with E-state index in [9.17, 15) is 9.59 Å². The van der Waals surface area contributed by atoms with Crippen molar-refractivity contribution in [3.63, 3.8) is 0 Å². The quantitative estimate of drug-likeness (QED) is 0.232. The molecule has 1 aromatic heterocycles. The van der Waals surface area contributed by atoms with Crippen molar-refractivity contribution in [1.82, 2.24) is 14.8 Å². The Morgan fingerprint density at radius 2 is 1.68 bits per heavy atom. The van der Waals surface area contributed by atoms with Gasteiger partial charge in [0.2, 0.25) is 5.91 Å². The van der Waals surface area contributed by atoms with Crippen LogP contribution >= 0.6 is 0 Å². The summed E-state index contributed by atoms with van der Waals surface area (Å²) in [4.78, 5) is 33.9. The zero-order chi connectivity index (χ0) is 28.5. The predicted octanol–water partition coefficient (Wildman–Crippen LogP) is 5.95. The van der Waals surface area contributed by atoms with Crippen molar-refractivity contribution in [3.05, 3.63) is 90.1 Å². The Bertz CT molecular complexity index is 1420. The van der Waals surface area contributed by atoms with Gasteiger partial charge < -0.3 is 29.6 Å². The number of benzene rings is 3. The van der Waals surface area contributed by atoms with E-state index in [0.29, 0.717) is 43.2 Å². The number of para-hydroxylation sites is 1. The first-order valence-corrected chi connectivity index (χ1v) is 13.5. The maximum atomic E-state index is 13.8. The number of urea groups is 1. The first kappa shape index (κ1) is 28.5. The zero-order valence-electron chi connectivity index (χ0n) is 23.6. The van der Waals surface area contributed by atoms with Gasteiger partial charge >= 0.3 is 6.03 Å². The molecule has 4 aromatic rings. The molecule has 0 saturated heterocycles. The number of H-pyrrole nitrogens is 1. The van der Waals surface area contributed by atoms with Gasteiger partial charge in [-0.2, -0.15) is 0 Å². The van der Waals surface area contributed by atoms with Crippen LogP contribution in [0.1, 0.15) is 25.0 Å². The number of rotatable bonds is 12. The van der Waals surface area contributed by atoms with Crippen molar-refractivity contribution < 1.29 is 19.1 Å². The molecular formula is C32H38N4O4. The molecule has 4 rings (SSSR count). The molecule has 8 nitrogen and oxygen atoms in total. The third-order valence-electron chi connectivity index (χ3n) is 6.74. The summed E-state index contributed by atoms with van der Waals surface area (Å²) in [6.07, 6.45) is 2.71. The summed E-state index contributed by atoms with van der Waals surface area (Å²) in [6, 6.07) is 22.9. The van der Waals surface area contributed by atoms with Crippen LogP contribution in [0.5, 0.6) is 11.5 Å². The SMILES string of the molecule is COc1ccc(NC(=O)N(CC(=O)N(CCc2c[nH]c3ccccc23)Cc2ccccc2)CC(C)C)c(OC)c1. The summed E-state index contributed by atoms with van der Waals surface area (Å²) in [5.74, 6) is 1.16. The lowest BCUT2D eigenvalue weighted by Gasteiger charge is -2.29. The number of carbonyl (C=O) groups is 2. The van der Waals surface area contributed by atoms with Gasteiger partial charge in [-0.15, -0.1) is 0 Å². The van der Waals surface area contributed by atoms with Gasteiger partial charge in [0, 0.05) is 42.8 Å². The molecule has 3 amide bonds. The molecule has 0 atom stereocenters. The van der Waals surface area contributed by atoms with Crippen LogP contribution in [-0.4, -0.2) is 60.6 Å². The largest absolute Gasteiger partial charge is 0.497 e. The molecule has 40 heavy (non-hydrogen) atoms. The minimum atomic E-state index is -0.359. The average Bonchev–Trinajstić information content (AvgIpc) is 3.38. The van der Waals surface area contributed by atoms with Gasteiger partial charge in [-0.3, -0.25) is 4.79 Å². The minimum Gasteiger partial charge on any atom is -0.497 e. The van der Waals surface area contributed by atoms with Crippen molar-refractivity contribution in [2.45, 2.75) is 26.8 Å². The molecule has 0 bridgehead atoms. The van der Waals surface area contributed by atoms with Crippen LogP contribution in [0.25, 0.3) is 10.9 Å². The van der Waals surface area contributed by atoms with Gasteiger partial charge in [0.1, 0.15) is 18.0 Å². The number of aromatic amines is 1. The highest BCUT2D eigenvalue weighted by Crippen LogP contribution is 2.29. The molecule has 0 unspecified atom stereocenters. The lowest BCUT2D eigenvalue weighted by Crippen LogP contribution is -2.46. The highest BCUT2D eigenvalue weighted by Gasteiger charge is 2.23. The molecule has 0 spiro atoms. The van der Waals surface area contributed by atoms with Crippen molar-refractivity contribution >= 4 is 28.5 Å². The fourth-order valence-electron chi connectivity index (χ4n) is 4.71. The van der Waals surface area contributed by atoms with Crippen LogP contribution in [-0.2, 0) is 17.8 Å². The summed E-state index contributed by atoms with van der Waals surface area (Å²) in [6.45, 7) is 5.43. The van der Waals surface area contributed by atoms with Crippen LogP contribution < -0.4 is 14.8 Å². The average molecular weight is 543 g/mol. The normalized spacial score (nSPS) is 10.9. The van der Waals surface area contributed by atoms with E-state index in [2.05, 4.69) is 16.4 Å². The number of anilines is 1. The number of nitrogens with zero attached hydrogens (tertiary/aromatic N) is 2. The highest BCUT2D eigenvalue weighted by molar-refractivity contribution is 5.93. The second-order valence-corrected chi connectivity index (χ2v) is 10.2. The number of aromatic nitrogens is 1. The van der Waals surface area contributed by atoms with Gasteiger partial charge in [0.05, 0.1) is 19.9 Å². The van der Waals surface area contributed by atoms with E-state index in [-0.39, 0.29) is 24.4 Å². The summed E-state index contributed by atoms with van der Waals surface area (Å²) >= 11 is 0. The monoisotopic (exact) mass is 542 g/mol. The third kappa shape index (κ3) is 7.34. The second kappa shape index (κ2) is 13.6. The van der Waals surface area contributed by atoms with Crippen LogP contribution in [0.4, 0.5) is 10.5 Å². The standard InChI is InChI=1S/C32H38N4O4/c1-23(2)20-36(32(38)34-29-15-14-26(39-3)18-30(29)40-4)22-31(37)35(21-24-10-6-5-7-11-24)17-16-25-19-33-28-13-9-8-12-27(25)28/h5-15,18-19,23,33H,16-17,20-22H2,1-4H3,(H,34,38). The lowest BCUT2D eigenvalue weighted by atomic mass is 10.1. The Hall–Kier alpha value is -4.46. The Labute approximate surface area is 235 Å².